The lowest BCUT2D eigenvalue weighted by molar-refractivity contribution is -0.129. The number of pyridine rings is 1. The van der Waals surface area contributed by atoms with Crippen molar-refractivity contribution in [1.29, 1.82) is 0 Å². The van der Waals surface area contributed by atoms with Crippen molar-refractivity contribution in [2.75, 3.05) is 10.2 Å². The number of carbonyl (C=O) groups is 3. The zero-order valence-corrected chi connectivity index (χ0v) is 13.6. The Bertz CT molecular complexity index is 759. The molecule has 128 valence electrons. The number of hydrogen-bond acceptors (Lipinski definition) is 4. The fourth-order valence-corrected chi connectivity index (χ4v) is 2.58. The van der Waals surface area contributed by atoms with Crippen LogP contribution in [0.15, 0.2) is 48.7 Å². The van der Waals surface area contributed by atoms with Gasteiger partial charge in [0, 0.05) is 24.7 Å². The third kappa shape index (κ3) is 4.20. The summed E-state index contributed by atoms with van der Waals surface area (Å²) >= 11 is 0. The number of hydrogen-bond donors (Lipinski definition) is 2. The molecule has 0 atom stereocenters. The van der Waals surface area contributed by atoms with Crippen molar-refractivity contribution in [1.82, 2.24) is 10.3 Å². The van der Waals surface area contributed by atoms with Crippen LogP contribution in [0.25, 0.3) is 0 Å². The van der Waals surface area contributed by atoms with E-state index in [1.807, 2.05) is 18.2 Å². The van der Waals surface area contributed by atoms with Gasteiger partial charge in [-0.2, -0.15) is 0 Å². The first kappa shape index (κ1) is 16.6. The molecular weight excluding hydrogens is 320 g/mol. The molecule has 3 rings (SSSR count). The van der Waals surface area contributed by atoms with E-state index >= 15 is 0 Å². The van der Waals surface area contributed by atoms with Crippen LogP contribution in [0.2, 0.25) is 0 Å². The van der Waals surface area contributed by atoms with Gasteiger partial charge >= 0.3 is 6.03 Å². The summed E-state index contributed by atoms with van der Waals surface area (Å²) < 4.78 is 0. The Morgan fingerprint density at radius 1 is 1.04 bits per heavy atom. The molecule has 1 aliphatic rings. The first-order valence-electron chi connectivity index (χ1n) is 8.04. The number of rotatable bonds is 4. The number of nitrogens with one attached hydrogen (secondary N) is 2. The summed E-state index contributed by atoms with van der Waals surface area (Å²) in [5.74, 6) is -0.380. The van der Waals surface area contributed by atoms with Crippen molar-refractivity contribution < 1.29 is 14.4 Å². The van der Waals surface area contributed by atoms with Crippen LogP contribution < -0.4 is 15.5 Å². The van der Waals surface area contributed by atoms with Crippen LogP contribution in [0, 0.1) is 0 Å². The molecule has 0 radical (unpaired) electrons. The number of urea groups is 1. The quantitative estimate of drug-likeness (QED) is 0.838. The maximum absolute atomic E-state index is 11.9. The first-order valence-corrected chi connectivity index (χ1v) is 8.04. The molecule has 0 aliphatic carbocycles. The van der Waals surface area contributed by atoms with E-state index in [0.717, 1.165) is 5.69 Å². The first-order chi connectivity index (χ1) is 12.1. The summed E-state index contributed by atoms with van der Waals surface area (Å²) in [6.45, 7) is 0.321. The maximum Gasteiger partial charge on any atom is 0.319 e. The Morgan fingerprint density at radius 3 is 2.40 bits per heavy atom. The van der Waals surface area contributed by atoms with Crippen molar-refractivity contribution in [3.63, 3.8) is 0 Å². The van der Waals surface area contributed by atoms with E-state index in [0.29, 0.717) is 37.2 Å². The van der Waals surface area contributed by atoms with Gasteiger partial charge in [-0.15, -0.1) is 0 Å². The standard InChI is InChI=1S/C18H18N4O3/c23-16-5-3-6-17(24)22(16)15-9-7-13(8-10-15)21-18(25)20-12-14-4-1-2-11-19-14/h1-2,4,7-11H,3,5-6,12H2,(H2,20,21,25). The van der Waals surface area contributed by atoms with Crippen molar-refractivity contribution in [3.05, 3.63) is 54.4 Å². The number of benzene rings is 1. The average molecular weight is 338 g/mol. The summed E-state index contributed by atoms with van der Waals surface area (Å²) in [4.78, 5) is 41.0. The van der Waals surface area contributed by atoms with Crippen LogP contribution in [0.4, 0.5) is 16.2 Å². The molecule has 4 amide bonds. The SMILES string of the molecule is O=C(NCc1ccccn1)Nc1ccc(N2C(=O)CCCC2=O)cc1. The summed E-state index contributed by atoms with van der Waals surface area (Å²) in [5, 5.41) is 5.41. The molecule has 1 aliphatic heterocycles. The van der Waals surface area contributed by atoms with Crippen LogP contribution in [0.1, 0.15) is 25.0 Å². The number of carbonyl (C=O) groups excluding carboxylic acids is 3. The number of aromatic nitrogens is 1. The lowest BCUT2D eigenvalue weighted by atomic mass is 10.1. The molecule has 1 aromatic heterocycles. The van der Waals surface area contributed by atoms with Crippen molar-refractivity contribution in [3.8, 4) is 0 Å². The van der Waals surface area contributed by atoms with E-state index in [-0.39, 0.29) is 17.8 Å². The Hall–Kier alpha value is -3.22. The second-order valence-corrected chi connectivity index (χ2v) is 5.65. The second-order valence-electron chi connectivity index (χ2n) is 5.65. The molecule has 2 aromatic rings. The van der Waals surface area contributed by atoms with Crippen LogP contribution in [0.3, 0.4) is 0 Å². The Morgan fingerprint density at radius 2 is 1.76 bits per heavy atom. The normalized spacial score (nSPS) is 14.3. The third-order valence-electron chi connectivity index (χ3n) is 3.82. The highest BCUT2D eigenvalue weighted by Gasteiger charge is 2.27. The van der Waals surface area contributed by atoms with Crippen molar-refractivity contribution in [2.45, 2.75) is 25.8 Å². The number of anilines is 2. The molecular formula is C18H18N4O3. The third-order valence-corrected chi connectivity index (χ3v) is 3.82. The lowest BCUT2D eigenvalue weighted by Crippen LogP contribution is -2.40. The minimum absolute atomic E-state index is 0.190. The number of amides is 4. The highest BCUT2D eigenvalue weighted by Crippen LogP contribution is 2.23. The largest absolute Gasteiger partial charge is 0.332 e. The zero-order valence-electron chi connectivity index (χ0n) is 13.6. The molecule has 1 aromatic carbocycles. The monoisotopic (exact) mass is 338 g/mol. The molecule has 7 heteroatoms. The molecule has 0 spiro atoms. The van der Waals surface area contributed by atoms with E-state index in [1.165, 1.54) is 4.90 Å². The Kier molecular flexibility index (Phi) is 5.03. The van der Waals surface area contributed by atoms with E-state index < -0.39 is 0 Å². The zero-order chi connectivity index (χ0) is 17.6. The molecule has 1 fully saturated rings. The smallest absolute Gasteiger partial charge is 0.319 e. The second kappa shape index (κ2) is 7.57. The van der Waals surface area contributed by atoms with Gasteiger partial charge in [-0.05, 0) is 42.8 Å². The molecule has 1 saturated heterocycles. The summed E-state index contributed by atoms with van der Waals surface area (Å²) in [5.41, 5.74) is 1.85. The Balaban J connectivity index is 1.58. The average Bonchev–Trinajstić information content (AvgIpc) is 2.62. The molecule has 7 nitrogen and oxygen atoms in total. The van der Waals surface area contributed by atoms with Crippen LogP contribution in [-0.2, 0) is 16.1 Å². The predicted octanol–water partition coefficient (Wildman–Crippen LogP) is 2.45. The molecule has 25 heavy (non-hydrogen) atoms. The van der Waals surface area contributed by atoms with Crippen molar-refractivity contribution in [2.24, 2.45) is 0 Å². The fourth-order valence-electron chi connectivity index (χ4n) is 2.58. The maximum atomic E-state index is 11.9. The lowest BCUT2D eigenvalue weighted by Gasteiger charge is -2.24. The van der Waals surface area contributed by atoms with Crippen molar-refractivity contribution >= 4 is 29.2 Å². The molecule has 0 bridgehead atoms. The molecule has 2 heterocycles. The highest BCUT2D eigenvalue weighted by atomic mass is 16.2. The number of piperidine rings is 1. The topological polar surface area (TPSA) is 91.4 Å². The minimum Gasteiger partial charge on any atom is -0.332 e. The number of imide groups is 1. The van der Waals surface area contributed by atoms with Gasteiger partial charge in [0.2, 0.25) is 11.8 Å². The minimum atomic E-state index is -0.358. The van der Waals surface area contributed by atoms with Gasteiger partial charge in [0.1, 0.15) is 0 Å². The van der Waals surface area contributed by atoms with Crippen LogP contribution >= 0.6 is 0 Å². The predicted molar refractivity (Wildman–Crippen MR) is 92.9 cm³/mol. The number of nitrogens with zero attached hydrogens (tertiary/aromatic N) is 2. The van der Waals surface area contributed by atoms with Gasteiger partial charge in [0.15, 0.2) is 0 Å². The molecule has 0 unspecified atom stereocenters. The van der Waals surface area contributed by atoms with Gasteiger partial charge < -0.3 is 10.6 Å². The highest BCUT2D eigenvalue weighted by molar-refractivity contribution is 6.16. The van der Waals surface area contributed by atoms with E-state index in [4.69, 9.17) is 0 Å². The van der Waals surface area contributed by atoms with Gasteiger partial charge in [0.25, 0.3) is 0 Å². The molecule has 2 N–H and O–H groups in total. The van der Waals surface area contributed by atoms with E-state index in [1.54, 1.807) is 30.5 Å². The summed E-state index contributed by atoms with van der Waals surface area (Å²) in [6.07, 6.45) is 3.02. The van der Waals surface area contributed by atoms with Gasteiger partial charge in [-0.1, -0.05) is 6.07 Å². The van der Waals surface area contributed by atoms with Gasteiger partial charge in [-0.25, -0.2) is 4.79 Å². The van der Waals surface area contributed by atoms with Crippen LogP contribution in [-0.4, -0.2) is 22.8 Å². The Labute approximate surface area is 145 Å². The van der Waals surface area contributed by atoms with E-state index in [2.05, 4.69) is 15.6 Å². The summed E-state index contributed by atoms with van der Waals surface area (Å²) in [7, 11) is 0. The van der Waals surface area contributed by atoms with Crippen LogP contribution in [0.5, 0.6) is 0 Å². The summed E-state index contributed by atoms with van der Waals surface area (Å²) in [6, 6.07) is 11.7. The van der Waals surface area contributed by atoms with E-state index in [9.17, 15) is 14.4 Å². The van der Waals surface area contributed by atoms with Gasteiger partial charge in [0.05, 0.1) is 17.9 Å². The fraction of sp³-hybridized carbons (Fsp3) is 0.222. The van der Waals surface area contributed by atoms with Gasteiger partial charge in [-0.3, -0.25) is 19.5 Å². The molecule has 0 saturated carbocycles.